The summed E-state index contributed by atoms with van der Waals surface area (Å²) < 4.78 is 2.14. The van der Waals surface area contributed by atoms with Crippen molar-refractivity contribution in [3.63, 3.8) is 0 Å². The predicted octanol–water partition coefficient (Wildman–Crippen LogP) is 3.81. The van der Waals surface area contributed by atoms with Crippen molar-refractivity contribution in [1.29, 1.82) is 0 Å². The molecule has 2 saturated carbocycles. The van der Waals surface area contributed by atoms with Gasteiger partial charge in [-0.25, -0.2) is 15.0 Å². The van der Waals surface area contributed by atoms with Crippen LogP contribution in [0.5, 0.6) is 0 Å². The fourth-order valence-corrected chi connectivity index (χ4v) is 3.28. The third kappa shape index (κ3) is 5.83. The summed E-state index contributed by atoms with van der Waals surface area (Å²) in [6, 6.07) is 10.3. The molecule has 5 nitrogen and oxygen atoms in total. The SMILES string of the molecule is Nc1ncnc2c1nc(CC[C]1[CH][CH][CH][CH]1)n2Cc1ccccc1.[CH]1[CH][CH][CH][CH]1.[Fe+2]. The van der Waals surface area contributed by atoms with Crippen molar-refractivity contribution in [2.75, 3.05) is 5.73 Å². The van der Waals surface area contributed by atoms with Gasteiger partial charge in [0.05, 0.1) is 6.54 Å². The van der Waals surface area contributed by atoms with E-state index in [4.69, 9.17) is 10.7 Å². The van der Waals surface area contributed by atoms with E-state index in [0.29, 0.717) is 11.3 Å². The summed E-state index contributed by atoms with van der Waals surface area (Å²) in [5.41, 5.74) is 8.69. The molecule has 6 heteroatoms. The van der Waals surface area contributed by atoms with Crippen LogP contribution in [-0.2, 0) is 30.0 Å². The van der Waals surface area contributed by atoms with Gasteiger partial charge in [-0.3, -0.25) is 0 Å². The number of nitrogen functional groups attached to an aromatic ring is 1. The average molecular weight is 437 g/mol. The van der Waals surface area contributed by atoms with E-state index in [0.717, 1.165) is 30.9 Å². The van der Waals surface area contributed by atoms with Gasteiger partial charge in [-0.2, -0.15) is 0 Å². The van der Waals surface area contributed by atoms with E-state index in [1.807, 2.05) is 50.3 Å². The maximum atomic E-state index is 6.00. The van der Waals surface area contributed by atoms with Gasteiger partial charge in [0, 0.05) is 6.42 Å². The van der Waals surface area contributed by atoms with Crippen LogP contribution in [0.15, 0.2) is 36.7 Å². The van der Waals surface area contributed by atoms with Gasteiger partial charge in [0.1, 0.15) is 12.2 Å². The number of fused-ring (bicyclic) bond motifs is 1. The van der Waals surface area contributed by atoms with Crippen LogP contribution in [-0.4, -0.2) is 19.5 Å². The number of nitrogens with zero attached hydrogens (tertiary/aromatic N) is 4. The quantitative estimate of drug-likeness (QED) is 0.617. The second kappa shape index (κ2) is 11.5. The molecule has 1 aromatic carbocycles. The molecule has 0 atom stereocenters. The summed E-state index contributed by atoms with van der Waals surface area (Å²) in [6.45, 7) is 0.726. The Morgan fingerprint density at radius 2 is 1.47 bits per heavy atom. The molecule has 5 rings (SSSR count). The fourth-order valence-electron chi connectivity index (χ4n) is 3.28. The summed E-state index contributed by atoms with van der Waals surface area (Å²) >= 11 is 0. The first-order valence-electron chi connectivity index (χ1n) is 9.68. The molecule has 10 radical (unpaired) electrons. The summed E-state index contributed by atoms with van der Waals surface area (Å²) in [6.07, 6.45) is 21.7. The van der Waals surface area contributed by atoms with Gasteiger partial charge in [0.25, 0.3) is 0 Å². The van der Waals surface area contributed by atoms with E-state index in [9.17, 15) is 0 Å². The van der Waals surface area contributed by atoms with Gasteiger partial charge in [-0.15, -0.1) is 0 Å². The van der Waals surface area contributed by atoms with Gasteiger partial charge in [0.15, 0.2) is 17.0 Å². The number of hydrogen-bond acceptors (Lipinski definition) is 4. The van der Waals surface area contributed by atoms with Crippen molar-refractivity contribution in [1.82, 2.24) is 19.5 Å². The largest absolute Gasteiger partial charge is 2.00 e. The molecule has 2 N–H and O–H groups in total. The minimum absolute atomic E-state index is 0. The van der Waals surface area contributed by atoms with Crippen LogP contribution in [0.3, 0.4) is 0 Å². The molecule has 0 bridgehead atoms. The van der Waals surface area contributed by atoms with Crippen molar-refractivity contribution in [2.24, 2.45) is 0 Å². The second-order valence-electron chi connectivity index (χ2n) is 6.79. The Bertz CT molecular complexity index is 891. The molecule has 2 aromatic heterocycles. The summed E-state index contributed by atoms with van der Waals surface area (Å²) in [5.74, 6) is 2.73. The number of anilines is 1. The second-order valence-corrected chi connectivity index (χ2v) is 6.79. The van der Waals surface area contributed by atoms with Gasteiger partial charge in [-0.05, 0) is 75.7 Å². The maximum absolute atomic E-state index is 6.00. The molecule has 30 heavy (non-hydrogen) atoms. The Morgan fingerprint density at radius 1 is 0.800 bits per heavy atom. The first-order chi connectivity index (χ1) is 14.3. The standard InChI is InChI=1S/C19H18N5.C5H5.Fe/c20-18-17-19(22-13-21-18)24(12-15-8-2-1-3-9-15)16(23-17)11-10-14-6-4-5-7-14;1-2-4-5-3-1;/h1-9,13H,10-12H2,(H2,20,21,22);1-5H;/q;;+2. The molecule has 0 aliphatic heterocycles. The van der Waals surface area contributed by atoms with E-state index in [1.165, 1.54) is 17.8 Å². The topological polar surface area (TPSA) is 69.6 Å². The number of benzene rings is 1. The van der Waals surface area contributed by atoms with Crippen molar-refractivity contribution >= 4 is 17.0 Å². The van der Waals surface area contributed by atoms with E-state index in [2.05, 4.69) is 52.4 Å². The fraction of sp³-hybridized carbons (Fsp3) is 0.125. The molecular weight excluding hydrogens is 414 g/mol. The minimum Gasteiger partial charge on any atom is -0.382 e. The predicted molar refractivity (Wildman–Crippen MR) is 116 cm³/mol. The Morgan fingerprint density at radius 3 is 2.13 bits per heavy atom. The molecule has 0 unspecified atom stereocenters. The zero-order valence-electron chi connectivity index (χ0n) is 16.5. The molecular formula is C24H23FeN5+2. The van der Waals surface area contributed by atoms with Crippen LogP contribution in [0.4, 0.5) is 5.82 Å². The molecule has 3 aromatic rings. The number of aromatic nitrogens is 4. The minimum atomic E-state index is 0. The smallest absolute Gasteiger partial charge is 0.382 e. The van der Waals surface area contributed by atoms with E-state index in [-0.39, 0.29) is 17.1 Å². The normalized spacial score (nSPS) is 16.3. The van der Waals surface area contributed by atoms with Crippen LogP contribution in [0.2, 0.25) is 0 Å². The first kappa shape index (κ1) is 22.8. The van der Waals surface area contributed by atoms with E-state index in [1.54, 1.807) is 0 Å². The number of hydrogen-bond donors (Lipinski definition) is 1. The van der Waals surface area contributed by atoms with Crippen molar-refractivity contribution in [3.05, 3.63) is 112 Å². The van der Waals surface area contributed by atoms with Gasteiger partial charge in [-0.1, -0.05) is 30.3 Å². The molecule has 2 fully saturated rings. The molecule has 2 aliphatic carbocycles. The van der Waals surface area contributed by atoms with Crippen LogP contribution in [0, 0.1) is 63.7 Å². The van der Waals surface area contributed by atoms with Crippen LogP contribution in [0.1, 0.15) is 17.8 Å². The monoisotopic (exact) mass is 437 g/mol. The molecule has 0 saturated heterocycles. The van der Waals surface area contributed by atoms with Gasteiger partial charge < -0.3 is 10.3 Å². The zero-order chi connectivity index (χ0) is 19.9. The van der Waals surface area contributed by atoms with Gasteiger partial charge in [0.2, 0.25) is 0 Å². The van der Waals surface area contributed by atoms with Crippen molar-refractivity contribution < 1.29 is 17.1 Å². The van der Waals surface area contributed by atoms with Crippen molar-refractivity contribution in [2.45, 2.75) is 19.4 Å². The molecule has 150 valence electrons. The van der Waals surface area contributed by atoms with Crippen LogP contribution >= 0.6 is 0 Å². The number of aryl methyl sites for hydroxylation is 1. The van der Waals surface area contributed by atoms with E-state index >= 15 is 0 Å². The van der Waals surface area contributed by atoms with Gasteiger partial charge >= 0.3 is 17.1 Å². The Labute approximate surface area is 190 Å². The summed E-state index contributed by atoms with van der Waals surface area (Å²) in [7, 11) is 0. The van der Waals surface area contributed by atoms with E-state index < -0.39 is 0 Å². The van der Waals surface area contributed by atoms with Crippen LogP contribution < -0.4 is 5.73 Å². The number of rotatable bonds is 5. The zero-order valence-corrected chi connectivity index (χ0v) is 17.6. The van der Waals surface area contributed by atoms with Crippen LogP contribution in [0.25, 0.3) is 11.2 Å². The molecule has 0 spiro atoms. The summed E-state index contributed by atoms with van der Waals surface area (Å²) in [5, 5.41) is 0. The molecule has 2 heterocycles. The first-order valence-corrected chi connectivity index (χ1v) is 9.68. The van der Waals surface area contributed by atoms with Crippen molar-refractivity contribution in [3.8, 4) is 0 Å². The number of imidazole rings is 1. The Kier molecular flexibility index (Phi) is 8.71. The molecule has 2 aliphatic rings. The maximum Gasteiger partial charge on any atom is 2.00 e. The third-order valence-electron chi connectivity index (χ3n) is 4.75. The molecule has 0 amide bonds. The summed E-state index contributed by atoms with van der Waals surface area (Å²) in [4.78, 5) is 13.2. The average Bonchev–Trinajstić information content (AvgIpc) is 3.52. The Balaban J connectivity index is 0.000000376. The Hall–Kier alpha value is -1.91. The number of nitrogens with two attached hydrogens (primary N) is 1. The third-order valence-corrected chi connectivity index (χ3v) is 4.75.